The minimum Gasteiger partial charge on any atom is -0.452 e. The van der Waals surface area contributed by atoms with Crippen molar-refractivity contribution >= 4 is 11.9 Å². The summed E-state index contributed by atoms with van der Waals surface area (Å²) in [7, 11) is 0. The van der Waals surface area contributed by atoms with E-state index < -0.39 is 5.97 Å². The molecule has 1 aliphatic carbocycles. The maximum absolute atomic E-state index is 12.1. The Bertz CT molecular complexity index is 770. The minimum atomic E-state index is -0.438. The Morgan fingerprint density at radius 3 is 2.65 bits per heavy atom. The van der Waals surface area contributed by atoms with Crippen molar-refractivity contribution in [3.63, 3.8) is 0 Å². The highest BCUT2D eigenvalue weighted by Gasteiger charge is 2.16. The van der Waals surface area contributed by atoms with Gasteiger partial charge in [-0.2, -0.15) is 0 Å². The molecule has 1 N–H and O–H groups in total. The van der Waals surface area contributed by atoms with E-state index in [2.05, 4.69) is 17.4 Å². The van der Waals surface area contributed by atoms with Crippen LogP contribution in [0.1, 0.15) is 46.8 Å². The molecule has 4 nitrogen and oxygen atoms in total. The molecule has 0 bridgehead atoms. The van der Waals surface area contributed by atoms with Crippen molar-refractivity contribution in [2.24, 2.45) is 0 Å². The van der Waals surface area contributed by atoms with Gasteiger partial charge in [-0.25, -0.2) is 4.79 Å². The third kappa shape index (κ3) is 4.94. The van der Waals surface area contributed by atoms with E-state index in [0.29, 0.717) is 5.56 Å². The fourth-order valence-electron chi connectivity index (χ4n) is 3.33. The van der Waals surface area contributed by atoms with Gasteiger partial charge >= 0.3 is 5.97 Å². The molecule has 136 valence electrons. The Morgan fingerprint density at radius 1 is 1.08 bits per heavy atom. The minimum absolute atomic E-state index is 0.0291. The highest BCUT2D eigenvalue weighted by molar-refractivity contribution is 5.91. The smallest absolute Gasteiger partial charge is 0.338 e. The van der Waals surface area contributed by atoms with Crippen LogP contribution in [0.4, 0.5) is 0 Å². The maximum Gasteiger partial charge on any atom is 0.338 e. The van der Waals surface area contributed by atoms with Crippen molar-refractivity contribution in [1.29, 1.82) is 0 Å². The zero-order valence-corrected chi connectivity index (χ0v) is 15.2. The lowest BCUT2D eigenvalue weighted by atomic mass is 10.1. The predicted octanol–water partition coefficient (Wildman–Crippen LogP) is 3.47. The Morgan fingerprint density at radius 2 is 1.85 bits per heavy atom. The van der Waals surface area contributed by atoms with Crippen LogP contribution in [0.2, 0.25) is 0 Å². The Balaban J connectivity index is 1.41. The molecule has 2 aromatic carbocycles. The van der Waals surface area contributed by atoms with E-state index in [-0.39, 0.29) is 18.6 Å². The standard InChI is InChI=1S/C22H25NO3/c1-16(10-11-17-6-3-2-4-7-17)23-21(24)15-26-22(25)20-13-12-18-8-5-9-19(18)14-20/h2-4,6-7,12-14,16H,5,8-11,15H2,1H3,(H,23,24)/t16-/m0/s1. The monoisotopic (exact) mass is 351 g/mol. The lowest BCUT2D eigenvalue weighted by molar-refractivity contribution is -0.124. The van der Waals surface area contributed by atoms with Gasteiger partial charge in [0.15, 0.2) is 6.61 Å². The van der Waals surface area contributed by atoms with Gasteiger partial charge in [0, 0.05) is 6.04 Å². The first kappa shape index (κ1) is 18.2. The third-order valence-corrected chi connectivity index (χ3v) is 4.78. The average molecular weight is 351 g/mol. The molecule has 0 aromatic heterocycles. The highest BCUT2D eigenvalue weighted by atomic mass is 16.5. The van der Waals surface area contributed by atoms with E-state index in [4.69, 9.17) is 4.74 Å². The van der Waals surface area contributed by atoms with Crippen LogP contribution in [-0.4, -0.2) is 24.5 Å². The van der Waals surface area contributed by atoms with E-state index in [9.17, 15) is 9.59 Å². The van der Waals surface area contributed by atoms with E-state index in [1.54, 1.807) is 6.07 Å². The molecule has 4 heteroatoms. The average Bonchev–Trinajstić information content (AvgIpc) is 3.13. The summed E-state index contributed by atoms with van der Waals surface area (Å²) >= 11 is 0. The van der Waals surface area contributed by atoms with Crippen LogP contribution in [-0.2, 0) is 28.8 Å². The third-order valence-electron chi connectivity index (χ3n) is 4.78. The molecule has 0 radical (unpaired) electrons. The lowest BCUT2D eigenvalue weighted by Crippen LogP contribution is -2.36. The van der Waals surface area contributed by atoms with Crippen molar-refractivity contribution < 1.29 is 14.3 Å². The van der Waals surface area contributed by atoms with E-state index in [0.717, 1.165) is 32.1 Å². The van der Waals surface area contributed by atoms with Crippen molar-refractivity contribution in [1.82, 2.24) is 5.32 Å². The number of nitrogens with one attached hydrogen (secondary N) is 1. The number of esters is 1. The van der Waals surface area contributed by atoms with Gasteiger partial charge in [0.2, 0.25) is 0 Å². The summed E-state index contributed by atoms with van der Waals surface area (Å²) in [6.07, 6.45) is 4.96. The van der Waals surface area contributed by atoms with Gasteiger partial charge in [-0.05, 0) is 67.9 Å². The molecule has 0 heterocycles. The van der Waals surface area contributed by atoms with Crippen LogP contribution in [0.25, 0.3) is 0 Å². The SMILES string of the molecule is C[C@@H](CCc1ccccc1)NC(=O)COC(=O)c1ccc2c(c1)CCC2. The van der Waals surface area contributed by atoms with Crippen molar-refractivity contribution in [3.05, 3.63) is 70.8 Å². The molecular formula is C22H25NO3. The fourth-order valence-corrected chi connectivity index (χ4v) is 3.33. The normalized spacial score (nSPS) is 13.7. The number of rotatable bonds is 7. The summed E-state index contributed by atoms with van der Waals surface area (Å²) in [6.45, 7) is 1.72. The summed E-state index contributed by atoms with van der Waals surface area (Å²) in [6, 6.07) is 15.9. The summed E-state index contributed by atoms with van der Waals surface area (Å²) in [5.74, 6) is -0.702. The van der Waals surface area contributed by atoms with Crippen LogP contribution in [0.5, 0.6) is 0 Å². The van der Waals surface area contributed by atoms with Gasteiger partial charge in [0.05, 0.1) is 5.56 Å². The van der Waals surface area contributed by atoms with Gasteiger partial charge in [0.1, 0.15) is 0 Å². The molecule has 0 fully saturated rings. The molecule has 26 heavy (non-hydrogen) atoms. The topological polar surface area (TPSA) is 55.4 Å². The largest absolute Gasteiger partial charge is 0.452 e. The molecule has 1 aliphatic rings. The van der Waals surface area contributed by atoms with Crippen LogP contribution in [0.15, 0.2) is 48.5 Å². The van der Waals surface area contributed by atoms with Crippen molar-refractivity contribution in [2.45, 2.75) is 45.1 Å². The van der Waals surface area contributed by atoms with Gasteiger partial charge in [-0.3, -0.25) is 4.79 Å². The molecule has 0 saturated carbocycles. The molecule has 0 saturated heterocycles. The van der Waals surface area contributed by atoms with E-state index in [1.807, 2.05) is 37.3 Å². The maximum atomic E-state index is 12.1. The lowest BCUT2D eigenvalue weighted by Gasteiger charge is -2.14. The molecule has 3 rings (SSSR count). The van der Waals surface area contributed by atoms with Gasteiger partial charge in [-0.1, -0.05) is 36.4 Å². The quantitative estimate of drug-likeness (QED) is 0.777. The number of hydrogen-bond donors (Lipinski definition) is 1. The highest BCUT2D eigenvalue weighted by Crippen LogP contribution is 2.23. The van der Waals surface area contributed by atoms with Gasteiger partial charge < -0.3 is 10.1 Å². The van der Waals surface area contributed by atoms with E-state index >= 15 is 0 Å². The van der Waals surface area contributed by atoms with Crippen LogP contribution in [0, 0.1) is 0 Å². The molecule has 1 atom stereocenters. The van der Waals surface area contributed by atoms with Crippen LogP contribution < -0.4 is 5.32 Å². The second-order valence-electron chi connectivity index (χ2n) is 6.91. The molecule has 1 amide bonds. The van der Waals surface area contributed by atoms with Gasteiger partial charge in [-0.15, -0.1) is 0 Å². The summed E-state index contributed by atoms with van der Waals surface area (Å²) < 4.78 is 5.16. The Kier molecular flexibility index (Phi) is 6.05. The summed E-state index contributed by atoms with van der Waals surface area (Å²) in [4.78, 5) is 24.1. The second kappa shape index (κ2) is 8.65. The number of amides is 1. The number of fused-ring (bicyclic) bond motifs is 1. The zero-order chi connectivity index (χ0) is 18.4. The number of carbonyl (C=O) groups excluding carboxylic acids is 2. The first-order chi connectivity index (χ1) is 12.6. The second-order valence-corrected chi connectivity index (χ2v) is 6.91. The van der Waals surface area contributed by atoms with E-state index in [1.165, 1.54) is 16.7 Å². The Hall–Kier alpha value is -2.62. The molecular weight excluding hydrogens is 326 g/mol. The summed E-state index contributed by atoms with van der Waals surface area (Å²) in [5, 5.41) is 2.88. The summed E-state index contributed by atoms with van der Waals surface area (Å²) in [5.41, 5.74) is 4.30. The molecule has 2 aromatic rings. The first-order valence-corrected chi connectivity index (χ1v) is 9.24. The zero-order valence-electron chi connectivity index (χ0n) is 15.2. The van der Waals surface area contributed by atoms with Crippen molar-refractivity contribution in [2.75, 3.05) is 6.61 Å². The number of hydrogen-bond acceptors (Lipinski definition) is 3. The van der Waals surface area contributed by atoms with Gasteiger partial charge in [0.25, 0.3) is 5.91 Å². The fraction of sp³-hybridized carbons (Fsp3) is 0.364. The Labute approximate surface area is 154 Å². The van der Waals surface area contributed by atoms with Crippen LogP contribution >= 0.6 is 0 Å². The number of ether oxygens (including phenoxy) is 1. The molecule has 0 unspecified atom stereocenters. The number of benzene rings is 2. The number of carbonyl (C=O) groups is 2. The van der Waals surface area contributed by atoms with Crippen LogP contribution in [0.3, 0.4) is 0 Å². The molecule has 0 spiro atoms. The first-order valence-electron chi connectivity index (χ1n) is 9.24. The number of aryl methyl sites for hydroxylation is 3. The predicted molar refractivity (Wildman–Crippen MR) is 101 cm³/mol. The van der Waals surface area contributed by atoms with Crippen molar-refractivity contribution in [3.8, 4) is 0 Å². The molecule has 0 aliphatic heterocycles.